The molecular weight excluding hydrogens is 266 g/mol. The Morgan fingerprint density at radius 2 is 1.89 bits per heavy atom. The smallest absolute Gasteiger partial charge is 0.277 e. The maximum atomic E-state index is 11.2. The minimum absolute atomic E-state index is 0.0665. The van der Waals surface area contributed by atoms with Crippen molar-refractivity contribution in [2.75, 3.05) is 7.11 Å². The van der Waals surface area contributed by atoms with Crippen LogP contribution in [0.25, 0.3) is 11.1 Å². The van der Waals surface area contributed by atoms with Gasteiger partial charge in [0, 0.05) is 18.2 Å². The highest BCUT2D eigenvalue weighted by Crippen LogP contribution is 2.34. The highest BCUT2D eigenvalue weighted by molar-refractivity contribution is 6.30. The zero-order valence-electron chi connectivity index (χ0n) is 10.3. The Bertz CT molecular complexity index is 596. The van der Waals surface area contributed by atoms with Crippen LogP contribution in [-0.4, -0.2) is 12.0 Å². The van der Waals surface area contributed by atoms with E-state index in [2.05, 4.69) is 0 Å². The van der Waals surface area contributed by atoms with E-state index in [4.69, 9.17) is 16.3 Å². The summed E-state index contributed by atoms with van der Waals surface area (Å²) in [5.41, 5.74) is 2.17. The molecule has 2 rings (SSSR count). The van der Waals surface area contributed by atoms with Gasteiger partial charge in [0.2, 0.25) is 0 Å². The van der Waals surface area contributed by atoms with Crippen LogP contribution in [-0.2, 0) is 11.3 Å². The van der Waals surface area contributed by atoms with Crippen LogP contribution in [0.2, 0.25) is 5.02 Å². The number of benzene rings is 2. The van der Waals surface area contributed by atoms with Crippen molar-refractivity contribution in [3.05, 3.63) is 63.2 Å². The highest BCUT2D eigenvalue weighted by atomic mass is 35.5. The second-order valence-corrected chi connectivity index (χ2v) is 4.44. The van der Waals surface area contributed by atoms with E-state index < -0.39 is 0 Å². The zero-order chi connectivity index (χ0) is 13.8. The monoisotopic (exact) mass is 277 g/mol. The lowest BCUT2D eigenvalue weighted by Crippen LogP contribution is -1.98. The predicted molar refractivity (Wildman–Crippen MR) is 74.3 cm³/mol. The fourth-order valence-corrected chi connectivity index (χ4v) is 2.09. The summed E-state index contributed by atoms with van der Waals surface area (Å²) in [6.07, 6.45) is 0. The van der Waals surface area contributed by atoms with Gasteiger partial charge in [0.05, 0.1) is 17.1 Å². The van der Waals surface area contributed by atoms with E-state index in [1.54, 1.807) is 37.4 Å². The average molecular weight is 278 g/mol. The van der Waals surface area contributed by atoms with Crippen molar-refractivity contribution < 1.29 is 9.66 Å². The van der Waals surface area contributed by atoms with Crippen LogP contribution in [0, 0.1) is 10.1 Å². The molecule has 4 nitrogen and oxygen atoms in total. The molecule has 2 aromatic carbocycles. The molecule has 0 aromatic heterocycles. The number of hydrogen-bond donors (Lipinski definition) is 0. The van der Waals surface area contributed by atoms with Crippen molar-refractivity contribution in [3.63, 3.8) is 0 Å². The summed E-state index contributed by atoms with van der Waals surface area (Å²) in [5, 5.41) is 11.8. The molecule has 98 valence electrons. The van der Waals surface area contributed by atoms with E-state index in [0.29, 0.717) is 17.2 Å². The van der Waals surface area contributed by atoms with E-state index >= 15 is 0 Å². The number of rotatable bonds is 4. The number of halogens is 1. The summed E-state index contributed by atoms with van der Waals surface area (Å²) in [6, 6.07) is 11.9. The van der Waals surface area contributed by atoms with E-state index in [9.17, 15) is 10.1 Å². The van der Waals surface area contributed by atoms with Gasteiger partial charge in [-0.1, -0.05) is 35.9 Å². The summed E-state index contributed by atoms with van der Waals surface area (Å²) in [7, 11) is 1.56. The van der Waals surface area contributed by atoms with Gasteiger partial charge in [0.15, 0.2) is 0 Å². The molecule has 0 bridgehead atoms. The molecule has 0 saturated carbocycles. The first kappa shape index (κ1) is 13.5. The van der Waals surface area contributed by atoms with Crippen molar-refractivity contribution in [2.45, 2.75) is 6.61 Å². The number of nitrogens with zero attached hydrogens (tertiary/aromatic N) is 1. The fraction of sp³-hybridized carbons (Fsp3) is 0.143. The second-order valence-electron chi connectivity index (χ2n) is 4.01. The van der Waals surface area contributed by atoms with Crippen molar-refractivity contribution in [1.29, 1.82) is 0 Å². The molecule has 0 saturated heterocycles. The van der Waals surface area contributed by atoms with Gasteiger partial charge < -0.3 is 4.74 Å². The number of ether oxygens (including phenoxy) is 1. The SMILES string of the molecule is COCc1cccc([N+](=O)[O-])c1-c1ccc(Cl)cc1. The molecule has 2 aromatic rings. The van der Waals surface area contributed by atoms with Crippen LogP contribution in [0.15, 0.2) is 42.5 Å². The van der Waals surface area contributed by atoms with Crippen LogP contribution in [0.1, 0.15) is 5.56 Å². The van der Waals surface area contributed by atoms with Crippen LogP contribution in [0.3, 0.4) is 0 Å². The number of nitro benzene ring substituents is 1. The average Bonchev–Trinajstić information content (AvgIpc) is 2.40. The molecular formula is C14H12ClNO3. The summed E-state index contributed by atoms with van der Waals surface area (Å²) in [5.74, 6) is 0. The van der Waals surface area contributed by atoms with Gasteiger partial charge in [-0.3, -0.25) is 10.1 Å². The molecule has 0 aliphatic carbocycles. The minimum atomic E-state index is -0.386. The first-order valence-corrected chi connectivity index (χ1v) is 6.02. The number of nitro groups is 1. The van der Waals surface area contributed by atoms with Crippen molar-refractivity contribution in [3.8, 4) is 11.1 Å². The van der Waals surface area contributed by atoms with Gasteiger partial charge in [-0.15, -0.1) is 0 Å². The molecule has 0 heterocycles. The molecule has 0 spiro atoms. The maximum absolute atomic E-state index is 11.2. The third-order valence-corrected chi connectivity index (χ3v) is 3.01. The van der Waals surface area contributed by atoms with Crippen LogP contribution >= 0.6 is 11.6 Å². The molecule has 0 unspecified atom stereocenters. The molecule has 0 radical (unpaired) electrons. The van der Waals surface area contributed by atoms with E-state index in [-0.39, 0.29) is 10.6 Å². The first-order valence-electron chi connectivity index (χ1n) is 5.64. The molecule has 19 heavy (non-hydrogen) atoms. The van der Waals surface area contributed by atoms with Gasteiger partial charge in [0.1, 0.15) is 0 Å². The van der Waals surface area contributed by atoms with Gasteiger partial charge in [-0.05, 0) is 23.3 Å². The third kappa shape index (κ3) is 2.92. The predicted octanol–water partition coefficient (Wildman–Crippen LogP) is 4.06. The standard InChI is InChI=1S/C14H12ClNO3/c1-19-9-11-3-2-4-13(16(17)18)14(11)10-5-7-12(15)8-6-10/h2-8H,9H2,1H3. The molecule has 0 aliphatic rings. The lowest BCUT2D eigenvalue weighted by molar-refractivity contribution is -0.384. The Morgan fingerprint density at radius 3 is 2.47 bits per heavy atom. The Hall–Kier alpha value is -1.91. The molecule has 5 heteroatoms. The van der Waals surface area contributed by atoms with Gasteiger partial charge in [-0.25, -0.2) is 0 Å². The quantitative estimate of drug-likeness (QED) is 0.625. The first-order chi connectivity index (χ1) is 9.13. The van der Waals surface area contributed by atoms with E-state index in [1.807, 2.05) is 6.07 Å². The lowest BCUT2D eigenvalue weighted by Gasteiger charge is -2.09. The second kappa shape index (κ2) is 5.82. The third-order valence-electron chi connectivity index (χ3n) is 2.76. The van der Waals surface area contributed by atoms with Crippen molar-refractivity contribution in [1.82, 2.24) is 0 Å². The van der Waals surface area contributed by atoms with E-state index in [1.165, 1.54) is 6.07 Å². The molecule has 0 amide bonds. The number of hydrogen-bond acceptors (Lipinski definition) is 3. The fourth-order valence-electron chi connectivity index (χ4n) is 1.96. The summed E-state index contributed by atoms with van der Waals surface area (Å²) < 4.78 is 5.10. The summed E-state index contributed by atoms with van der Waals surface area (Å²) in [6.45, 7) is 0.319. The largest absolute Gasteiger partial charge is 0.380 e. The maximum Gasteiger partial charge on any atom is 0.277 e. The van der Waals surface area contributed by atoms with Gasteiger partial charge >= 0.3 is 0 Å². The molecule has 0 fully saturated rings. The van der Waals surface area contributed by atoms with Crippen molar-refractivity contribution in [2.24, 2.45) is 0 Å². The summed E-state index contributed by atoms with van der Waals surface area (Å²) >= 11 is 5.84. The Morgan fingerprint density at radius 1 is 1.21 bits per heavy atom. The summed E-state index contributed by atoms with van der Waals surface area (Å²) in [4.78, 5) is 10.8. The van der Waals surface area contributed by atoms with Gasteiger partial charge in [-0.2, -0.15) is 0 Å². The lowest BCUT2D eigenvalue weighted by atomic mass is 9.98. The molecule has 0 aliphatic heterocycles. The zero-order valence-corrected chi connectivity index (χ0v) is 11.1. The topological polar surface area (TPSA) is 52.4 Å². The van der Waals surface area contributed by atoms with E-state index in [0.717, 1.165) is 11.1 Å². The normalized spacial score (nSPS) is 10.4. The van der Waals surface area contributed by atoms with Crippen LogP contribution in [0.5, 0.6) is 0 Å². The van der Waals surface area contributed by atoms with Crippen LogP contribution < -0.4 is 0 Å². The molecule has 0 atom stereocenters. The molecule has 0 N–H and O–H groups in total. The number of methoxy groups -OCH3 is 1. The Balaban J connectivity index is 2.63. The van der Waals surface area contributed by atoms with Crippen molar-refractivity contribution >= 4 is 17.3 Å². The Kier molecular flexibility index (Phi) is 4.14. The van der Waals surface area contributed by atoms with Gasteiger partial charge in [0.25, 0.3) is 5.69 Å². The van der Waals surface area contributed by atoms with Crippen LogP contribution in [0.4, 0.5) is 5.69 Å². The Labute approximate surface area is 115 Å². The minimum Gasteiger partial charge on any atom is -0.380 e. The highest BCUT2D eigenvalue weighted by Gasteiger charge is 2.18.